The molecule has 0 aromatic heterocycles. The smallest absolute Gasteiger partial charge is 0.335 e. The fourth-order valence-corrected chi connectivity index (χ4v) is 1.91. The van der Waals surface area contributed by atoms with Crippen LogP contribution < -0.4 is 0 Å². The first-order valence-corrected chi connectivity index (χ1v) is 6.72. The van der Waals surface area contributed by atoms with E-state index < -0.39 is 5.97 Å². The summed E-state index contributed by atoms with van der Waals surface area (Å²) in [4.78, 5) is 13.2. The number of hydrogen-bond acceptors (Lipinski definition) is 2. The predicted octanol–water partition coefficient (Wildman–Crippen LogP) is 3.05. The van der Waals surface area contributed by atoms with E-state index >= 15 is 0 Å². The Balaban J connectivity index is 2.44. The van der Waals surface area contributed by atoms with E-state index in [1.54, 1.807) is 12.1 Å². The maximum Gasteiger partial charge on any atom is 0.335 e. The van der Waals surface area contributed by atoms with Crippen LogP contribution in [-0.2, 0) is 6.42 Å². The van der Waals surface area contributed by atoms with Crippen molar-refractivity contribution in [2.24, 2.45) is 0 Å². The summed E-state index contributed by atoms with van der Waals surface area (Å²) in [7, 11) is 0. The average Bonchev–Trinajstić information content (AvgIpc) is 2.39. The van der Waals surface area contributed by atoms with E-state index in [1.807, 2.05) is 12.1 Å². The van der Waals surface area contributed by atoms with Gasteiger partial charge in [-0.2, -0.15) is 0 Å². The topological polar surface area (TPSA) is 40.5 Å². The van der Waals surface area contributed by atoms with Gasteiger partial charge in [0.1, 0.15) is 0 Å². The summed E-state index contributed by atoms with van der Waals surface area (Å²) in [6.45, 7) is 7.66. The van der Waals surface area contributed by atoms with Crippen LogP contribution in [0.5, 0.6) is 0 Å². The molecule has 18 heavy (non-hydrogen) atoms. The lowest BCUT2D eigenvalue weighted by Gasteiger charge is -2.19. The molecule has 0 spiro atoms. The molecular weight excluding hydrogens is 226 g/mol. The molecule has 100 valence electrons. The van der Waals surface area contributed by atoms with Gasteiger partial charge in [0.05, 0.1) is 5.56 Å². The molecule has 3 heteroatoms. The molecule has 0 heterocycles. The van der Waals surface area contributed by atoms with Crippen molar-refractivity contribution in [3.8, 4) is 0 Å². The molecule has 0 atom stereocenters. The lowest BCUT2D eigenvalue weighted by molar-refractivity contribution is 0.0697. The lowest BCUT2D eigenvalue weighted by atomic mass is 10.1. The summed E-state index contributed by atoms with van der Waals surface area (Å²) >= 11 is 0. The van der Waals surface area contributed by atoms with Gasteiger partial charge in [0, 0.05) is 6.54 Å². The van der Waals surface area contributed by atoms with Crippen molar-refractivity contribution in [3.63, 3.8) is 0 Å². The highest BCUT2D eigenvalue weighted by Gasteiger charge is 2.04. The molecule has 0 amide bonds. The Labute approximate surface area is 109 Å². The van der Waals surface area contributed by atoms with Gasteiger partial charge in [-0.3, -0.25) is 0 Å². The molecule has 0 bridgehead atoms. The van der Waals surface area contributed by atoms with Crippen molar-refractivity contribution in [2.45, 2.75) is 33.1 Å². The third-order valence-corrected chi connectivity index (χ3v) is 3.19. The monoisotopic (exact) mass is 249 g/mol. The predicted molar refractivity (Wildman–Crippen MR) is 74.1 cm³/mol. The summed E-state index contributed by atoms with van der Waals surface area (Å²) in [6, 6.07) is 7.19. The Kier molecular flexibility index (Phi) is 6.44. The third kappa shape index (κ3) is 4.88. The molecule has 1 aromatic rings. The first-order valence-electron chi connectivity index (χ1n) is 6.72. The summed E-state index contributed by atoms with van der Waals surface area (Å²) in [6.07, 6.45) is 3.45. The number of carbonyl (C=O) groups is 1. The Hall–Kier alpha value is -1.35. The van der Waals surface area contributed by atoms with Crippen LogP contribution in [-0.4, -0.2) is 35.6 Å². The van der Waals surface area contributed by atoms with E-state index in [4.69, 9.17) is 5.11 Å². The van der Waals surface area contributed by atoms with Gasteiger partial charge < -0.3 is 10.0 Å². The van der Waals surface area contributed by atoms with Crippen molar-refractivity contribution in [1.29, 1.82) is 0 Å². The second-order valence-electron chi connectivity index (χ2n) is 4.54. The molecule has 0 saturated heterocycles. The van der Waals surface area contributed by atoms with Gasteiger partial charge in [-0.1, -0.05) is 32.4 Å². The SMILES string of the molecule is CCCCN(CC)CCc1ccc(C(=O)O)cc1. The molecule has 3 nitrogen and oxygen atoms in total. The van der Waals surface area contributed by atoms with Crippen LogP contribution in [0, 0.1) is 0 Å². The highest BCUT2D eigenvalue weighted by atomic mass is 16.4. The van der Waals surface area contributed by atoms with Gasteiger partial charge in [0.15, 0.2) is 0 Å². The van der Waals surface area contributed by atoms with Gasteiger partial charge in [-0.25, -0.2) is 4.79 Å². The molecule has 0 aliphatic heterocycles. The second kappa shape index (κ2) is 7.88. The van der Waals surface area contributed by atoms with E-state index in [1.165, 1.54) is 18.4 Å². The molecule has 1 rings (SSSR count). The van der Waals surface area contributed by atoms with E-state index in [0.717, 1.165) is 26.1 Å². The van der Waals surface area contributed by atoms with Gasteiger partial charge in [-0.15, -0.1) is 0 Å². The largest absolute Gasteiger partial charge is 0.478 e. The molecule has 0 fully saturated rings. The summed E-state index contributed by atoms with van der Waals surface area (Å²) in [5.74, 6) is -0.861. The summed E-state index contributed by atoms with van der Waals surface area (Å²) in [5, 5.41) is 8.82. The van der Waals surface area contributed by atoms with Crippen LogP contribution in [0.25, 0.3) is 0 Å². The first-order chi connectivity index (χ1) is 8.67. The molecule has 0 unspecified atom stereocenters. The standard InChI is InChI=1S/C15H23NO2/c1-3-5-11-16(4-2)12-10-13-6-8-14(9-7-13)15(17)18/h6-9H,3-5,10-12H2,1-2H3,(H,17,18). The first kappa shape index (κ1) is 14.7. The number of rotatable bonds is 8. The fourth-order valence-electron chi connectivity index (χ4n) is 1.91. The van der Waals surface area contributed by atoms with E-state index in [9.17, 15) is 4.79 Å². The van der Waals surface area contributed by atoms with Crippen molar-refractivity contribution in [1.82, 2.24) is 4.90 Å². The Morgan fingerprint density at radius 1 is 1.17 bits per heavy atom. The zero-order chi connectivity index (χ0) is 13.4. The average molecular weight is 249 g/mol. The lowest BCUT2D eigenvalue weighted by Crippen LogP contribution is -2.26. The number of nitrogens with zero attached hydrogens (tertiary/aromatic N) is 1. The molecule has 1 aromatic carbocycles. The van der Waals surface area contributed by atoms with Crippen molar-refractivity contribution in [3.05, 3.63) is 35.4 Å². The zero-order valence-corrected chi connectivity index (χ0v) is 11.4. The Bertz CT molecular complexity index is 359. The fraction of sp³-hybridized carbons (Fsp3) is 0.533. The number of carboxylic acid groups (broad SMARTS) is 1. The van der Waals surface area contributed by atoms with Crippen LogP contribution >= 0.6 is 0 Å². The van der Waals surface area contributed by atoms with Gasteiger partial charge in [-0.05, 0) is 43.6 Å². The third-order valence-electron chi connectivity index (χ3n) is 3.19. The van der Waals surface area contributed by atoms with Gasteiger partial charge in [0.2, 0.25) is 0 Å². The summed E-state index contributed by atoms with van der Waals surface area (Å²) < 4.78 is 0. The highest BCUT2D eigenvalue weighted by molar-refractivity contribution is 5.87. The van der Waals surface area contributed by atoms with E-state index in [-0.39, 0.29) is 0 Å². The van der Waals surface area contributed by atoms with Crippen LogP contribution in [0.1, 0.15) is 42.6 Å². The van der Waals surface area contributed by atoms with E-state index in [2.05, 4.69) is 18.7 Å². The minimum absolute atomic E-state index is 0.358. The Morgan fingerprint density at radius 2 is 1.83 bits per heavy atom. The second-order valence-corrected chi connectivity index (χ2v) is 4.54. The molecule has 1 N–H and O–H groups in total. The molecular formula is C15H23NO2. The van der Waals surface area contributed by atoms with Gasteiger partial charge >= 0.3 is 5.97 Å². The number of carboxylic acids is 1. The summed E-state index contributed by atoms with van der Waals surface area (Å²) in [5.41, 5.74) is 1.56. The number of aromatic carboxylic acids is 1. The van der Waals surface area contributed by atoms with E-state index in [0.29, 0.717) is 5.56 Å². The zero-order valence-electron chi connectivity index (χ0n) is 11.4. The van der Waals surface area contributed by atoms with Crippen molar-refractivity contribution in [2.75, 3.05) is 19.6 Å². The Morgan fingerprint density at radius 3 is 2.33 bits per heavy atom. The minimum Gasteiger partial charge on any atom is -0.478 e. The van der Waals surface area contributed by atoms with Crippen LogP contribution in [0.4, 0.5) is 0 Å². The molecule has 0 aliphatic rings. The molecule has 0 aliphatic carbocycles. The number of unbranched alkanes of at least 4 members (excludes halogenated alkanes) is 1. The molecule has 0 radical (unpaired) electrons. The minimum atomic E-state index is -0.861. The van der Waals surface area contributed by atoms with Crippen molar-refractivity contribution >= 4 is 5.97 Å². The quantitative estimate of drug-likeness (QED) is 0.769. The van der Waals surface area contributed by atoms with Crippen LogP contribution in [0.3, 0.4) is 0 Å². The van der Waals surface area contributed by atoms with Gasteiger partial charge in [0.25, 0.3) is 0 Å². The number of hydrogen-bond donors (Lipinski definition) is 1. The maximum atomic E-state index is 10.7. The number of likely N-dealkylation sites (N-methyl/N-ethyl adjacent to an activating group) is 1. The molecule has 0 saturated carbocycles. The van der Waals surface area contributed by atoms with Crippen LogP contribution in [0.15, 0.2) is 24.3 Å². The number of benzene rings is 1. The maximum absolute atomic E-state index is 10.7. The van der Waals surface area contributed by atoms with Crippen LogP contribution in [0.2, 0.25) is 0 Å². The highest BCUT2D eigenvalue weighted by Crippen LogP contribution is 2.06. The van der Waals surface area contributed by atoms with Crippen molar-refractivity contribution < 1.29 is 9.90 Å². The normalized spacial score (nSPS) is 10.8.